The summed E-state index contributed by atoms with van der Waals surface area (Å²) in [6, 6.07) is 7.23. The summed E-state index contributed by atoms with van der Waals surface area (Å²) in [7, 11) is 0. The van der Waals surface area contributed by atoms with Crippen LogP contribution in [-0.2, 0) is 6.54 Å². The van der Waals surface area contributed by atoms with Crippen molar-refractivity contribution in [1.29, 1.82) is 0 Å². The summed E-state index contributed by atoms with van der Waals surface area (Å²) in [5.74, 6) is 0.439. The number of para-hydroxylation sites is 1. The lowest BCUT2D eigenvalue weighted by Crippen LogP contribution is -2.42. The molecule has 6 nitrogen and oxygen atoms in total. The van der Waals surface area contributed by atoms with Crippen LogP contribution in [0.3, 0.4) is 0 Å². The van der Waals surface area contributed by atoms with E-state index < -0.39 is 0 Å². The number of hydrogen-bond acceptors (Lipinski definition) is 4. The fraction of sp³-hybridized carbons (Fsp3) is 0.429. The molecule has 1 aliphatic rings. The van der Waals surface area contributed by atoms with E-state index in [1.165, 1.54) is 6.07 Å². The first-order valence-corrected chi connectivity index (χ1v) is 7.09. The fourth-order valence-corrected chi connectivity index (χ4v) is 2.66. The third kappa shape index (κ3) is 3.30. The molecule has 2 heterocycles. The maximum atomic E-state index is 13.7. The number of piperidine rings is 1. The van der Waals surface area contributed by atoms with E-state index in [0.717, 1.165) is 25.9 Å². The van der Waals surface area contributed by atoms with Gasteiger partial charge >= 0.3 is 5.69 Å². The zero-order chi connectivity index (χ0) is 14.7. The van der Waals surface area contributed by atoms with Gasteiger partial charge < -0.3 is 10.2 Å². The fourth-order valence-electron chi connectivity index (χ4n) is 2.66. The van der Waals surface area contributed by atoms with Gasteiger partial charge in [0.05, 0.1) is 12.2 Å². The molecule has 0 amide bonds. The molecule has 0 unspecified atom stereocenters. The molecule has 1 aliphatic heterocycles. The van der Waals surface area contributed by atoms with Crippen LogP contribution in [0.2, 0.25) is 0 Å². The van der Waals surface area contributed by atoms with Crippen molar-refractivity contribution in [1.82, 2.24) is 20.5 Å². The molecular formula is C14H18FN5O. The highest BCUT2D eigenvalue weighted by molar-refractivity contribution is 5.47. The summed E-state index contributed by atoms with van der Waals surface area (Å²) in [4.78, 5) is 15.6. The summed E-state index contributed by atoms with van der Waals surface area (Å²) < 4.78 is 13.7. The van der Waals surface area contributed by atoms with Crippen molar-refractivity contribution < 1.29 is 4.39 Å². The Morgan fingerprint density at radius 1 is 1.33 bits per heavy atom. The van der Waals surface area contributed by atoms with Crippen molar-refractivity contribution in [3.05, 3.63) is 46.4 Å². The lowest BCUT2D eigenvalue weighted by atomic mass is 10.0. The molecule has 0 radical (unpaired) electrons. The van der Waals surface area contributed by atoms with E-state index in [2.05, 4.69) is 25.4 Å². The highest BCUT2D eigenvalue weighted by Crippen LogP contribution is 2.22. The topological polar surface area (TPSA) is 76.8 Å². The zero-order valence-electron chi connectivity index (χ0n) is 11.6. The van der Waals surface area contributed by atoms with Crippen LogP contribution < -0.4 is 15.9 Å². The number of halogens is 1. The van der Waals surface area contributed by atoms with Crippen LogP contribution in [0.5, 0.6) is 0 Å². The van der Waals surface area contributed by atoms with Crippen LogP contribution in [0.25, 0.3) is 0 Å². The first-order valence-electron chi connectivity index (χ1n) is 7.09. The first-order chi connectivity index (χ1) is 10.2. The van der Waals surface area contributed by atoms with Gasteiger partial charge in [-0.15, -0.1) is 0 Å². The molecule has 21 heavy (non-hydrogen) atoms. The van der Waals surface area contributed by atoms with Gasteiger partial charge in [0, 0.05) is 19.1 Å². The molecular weight excluding hydrogens is 273 g/mol. The Balaban J connectivity index is 1.51. The second kappa shape index (κ2) is 6.09. The Bertz CT molecular complexity index is 645. The van der Waals surface area contributed by atoms with Gasteiger partial charge in [-0.25, -0.2) is 14.3 Å². The number of H-pyrrole nitrogens is 2. The van der Waals surface area contributed by atoms with Crippen LogP contribution in [0.15, 0.2) is 29.1 Å². The van der Waals surface area contributed by atoms with E-state index >= 15 is 0 Å². The van der Waals surface area contributed by atoms with E-state index in [0.29, 0.717) is 24.1 Å². The first kappa shape index (κ1) is 13.8. The minimum atomic E-state index is -0.291. The Labute approximate surface area is 121 Å². The molecule has 112 valence electrons. The Morgan fingerprint density at radius 2 is 2.10 bits per heavy atom. The summed E-state index contributed by atoms with van der Waals surface area (Å²) in [5.41, 5.74) is 0.383. The number of aromatic amines is 2. The molecule has 0 spiro atoms. The van der Waals surface area contributed by atoms with E-state index in [9.17, 15) is 9.18 Å². The highest BCUT2D eigenvalue weighted by atomic mass is 19.1. The minimum absolute atomic E-state index is 0.169. The van der Waals surface area contributed by atoms with Crippen LogP contribution >= 0.6 is 0 Å². The number of aromatic nitrogens is 3. The third-order valence-corrected chi connectivity index (χ3v) is 3.80. The van der Waals surface area contributed by atoms with Gasteiger partial charge in [0.15, 0.2) is 0 Å². The van der Waals surface area contributed by atoms with Gasteiger partial charge in [-0.05, 0) is 25.0 Å². The third-order valence-electron chi connectivity index (χ3n) is 3.80. The van der Waals surface area contributed by atoms with Crippen LogP contribution in [0, 0.1) is 5.82 Å². The second-order valence-corrected chi connectivity index (χ2v) is 5.22. The summed E-state index contributed by atoms with van der Waals surface area (Å²) in [5, 5.41) is 9.56. The van der Waals surface area contributed by atoms with Gasteiger partial charge in [-0.1, -0.05) is 12.1 Å². The van der Waals surface area contributed by atoms with Crippen molar-refractivity contribution >= 4 is 5.69 Å². The molecule has 1 saturated heterocycles. The SMILES string of the molecule is O=c1[nH]nc(CNC2CCN(c3ccccc3F)CC2)[nH]1. The number of rotatable bonds is 4. The van der Waals surface area contributed by atoms with E-state index in [1.54, 1.807) is 6.07 Å². The molecule has 0 bridgehead atoms. The predicted molar refractivity (Wildman–Crippen MR) is 77.7 cm³/mol. The quantitative estimate of drug-likeness (QED) is 0.785. The summed E-state index contributed by atoms with van der Waals surface area (Å²) >= 11 is 0. The maximum Gasteiger partial charge on any atom is 0.340 e. The van der Waals surface area contributed by atoms with Gasteiger partial charge in [-0.2, -0.15) is 5.10 Å². The van der Waals surface area contributed by atoms with Crippen molar-refractivity contribution in [3.8, 4) is 0 Å². The Kier molecular flexibility index (Phi) is 4.01. The van der Waals surface area contributed by atoms with E-state index in [-0.39, 0.29) is 11.5 Å². The molecule has 1 aromatic carbocycles. The van der Waals surface area contributed by atoms with Gasteiger partial charge in [0.2, 0.25) is 0 Å². The van der Waals surface area contributed by atoms with Crippen LogP contribution in [0.4, 0.5) is 10.1 Å². The summed E-state index contributed by atoms with van der Waals surface area (Å²) in [6.45, 7) is 2.16. The van der Waals surface area contributed by atoms with Crippen LogP contribution in [-0.4, -0.2) is 34.3 Å². The highest BCUT2D eigenvalue weighted by Gasteiger charge is 2.20. The van der Waals surface area contributed by atoms with E-state index in [4.69, 9.17) is 0 Å². The molecule has 0 saturated carbocycles. The molecule has 3 rings (SSSR count). The van der Waals surface area contributed by atoms with Gasteiger partial charge in [-0.3, -0.25) is 4.98 Å². The monoisotopic (exact) mass is 291 g/mol. The predicted octanol–water partition coefficient (Wildman–Crippen LogP) is 0.996. The molecule has 2 aromatic rings. The normalized spacial score (nSPS) is 16.3. The number of anilines is 1. The Hall–Kier alpha value is -2.15. The lowest BCUT2D eigenvalue weighted by Gasteiger charge is -2.34. The maximum absolute atomic E-state index is 13.7. The average molecular weight is 291 g/mol. The van der Waals surface area contributed by atoms with Crippen LogP contribution in [0.1, 0.15) is 18.7 Å². The van der Waals surface area contributed by atoms with Crippen molar-refractivity contribution in [3.63, 3.8) is 0 Å². The molecule has 7 heteroatoms. The lowest BCUT2D eigenvalue weighted by molar-refractivity contribution is 0.407. The number of benzene rings is 1. The van der Waals surface area contributed by atoms with Crippen molar-refractivity contribution in [2.24, 2.45) is 0 Å². The standard InChI is InChI=1S/C14H18FN5O/c15-11-3-1-2-4-12(11)20-7-5-10(6-8-20)16-9-13-17-14(21)19-18-13/h1-4,10,16H,5-9H2,(H2,17,18,19,21). The second-order valence-electron chi connectivity index (χ2n) is 5.22. The number of hydrogen-bond donors (Lipinski definition) is 3. The van der Waals surface area contributed by atoms with Crippen molar-refractivity contribution in [2.75, 3.05) is 18.0 Å². The zero-order valence-corrected chi connectivity index (χ0v) is 11.6. The molecule has 1 aromatic heterocycles. The van der Waals surface area contributed by atoms with E-state index in [1.807, 2.05) is 12.1 Å². The molecule has 3 N–H and O–H groups in total. The van der Waals surface area contributed by atoms with Crippen molar-refractivity contribution in [2.45, 2.75) is 25.4 Å². The molecule has 0 atom stereocenters. The largest absolute Gasteiger partial charge is 0.369 e. The van der Waals surface area contributed by atoms with Gasteiger partial charge in [0.25, 0.3) is 0 Å². The number of nitrogens with one attached hydrogen (secondary N) is 3. The van der Waals surface area contributed by atoms with Gasteiger partial charge in [0.1, 0.15) is 11.6 Å². The summed E-state index contributed by atoms with van der Waals surface area (Å²) in [6.07, 6.45) is 1.87. The molecule has 0 aliphatic carbocycles. The minimum Gasteiger partial charge on any atom is -0.369 e. The smallest absolute Gasteiger partial charge is 0.340 e. The Morgan fingerprint density at radius 3 is 2.76 bits per heavy atom. The average Bonchev–Trinajstić information content (AvgIpc) is 2.92. The molecule has 1 fully saturated rings. The number of nitrogens with zero attached hydrogens (tertiary/aromatic N) is 2.